The Morgan fingerprint density at radius 3 is 2.42 bits per heavy atom. The van der Waals surface area contributed by atoms with Crippen molar-refractivity contribution in [3.05, 3.63) is 30.4 Å². The van der Waals surface area contributed by atoms with Gasteiger partial charge in [-0.25, -0.2) is 0 Å². The summed E-state index contributed by atoms with van der Waals surface area (Å²) in [6, 6.07) is 0.238. The maximum absolute atomic E-state index is 6.21. The minimum atomic E-state index is 0.0798. The van der Waals surface area contributed by atoms with Gasteiger partial charge >= 0.3 is 0 Å². The van der Waals surface area contributed by atoms with E-state index in [1.54, 1.807) is 10.9 Å². The summed E-state index contributed by atoms with van der Waals surface area (Å²) in [7, 11) is 0. The summed E-state index contributed by atoms with van der Waals surface area (Å²) in [5, 5.41) is 12.2. The maximum atomic E-state index is 6.21. The molecule has 134 valence electrons. The van der Waals surface area contributed by atoms with Gasteiger partial charge in [0.2, 0.25) is 0 Å². The van der Waals surface area contributed by atoms with Crippen LogP contribution in [0.1, 0.15) is 39.2 Å². The van der Waals surface area contributed by atoms with Crippen LogP contribution in [0.3, 0.4) is 0 Å². The van der Waals surface area contributed by atoms with Crippen LogP contribution in [-0.4, -0.2) is 36.9 Å². The smallest absolute Gasteiger partial charge is 0.0692 e. The van der Waals surface area contributed by atoms with E-state index in [1.807, 2.05) is 17.1 Å². The highest BCUT2D eigenvalue weighted by atomic mass is 15.4. The number of rotatable bonds is 10. The highest BCUT2D eigenvalue weighted by molar-refractivity contribution is 5.05. The molecule has 7 heteroatoms. The zero-order chi connectivity index (χ0) is 17.5. The van der Waals surface area contributed by atoms with Crippen molar-refractivity contribution in [2.24, 2.45) is 23.3 Å². The van der Waals surface area contributed by atoms with Crippen LogP contribution in [0.2, 0.25) is 0 Å². The number of hydrogen-bond donors (Lipinski definition) is 2. The van der Waals surface area contributed by atoms with E-state index in [0.29, 0.717) is 18.4 Å². The van der Waals surface area contributed by atoms with Crippen LogP contribution in [0.5, 0.6) is 0 Å². The maximum Gasteiger partial charge on any atom is 0.0692 e. The van der Waals surface area contributed by atoms with E-state index in [2.05, 4.69) is 42.4 Å². The lowest BCUT2D eigenvalue weighted by Gasteiger charge is -2.16. The van der Waals surface area contributed by atoms with E-state index in [0.717, 1.165) is 25.8 Å². The Bertz CT molecular complexity index is 576. The molecule has 0 amide bonds. The fraction of sp³-hybridized carbons (Fsp3) is 0.706. The van der Waals surface area contributed by atoms with Crippen molar-refractivity contribution < 1.29 is 0 Å². The summed E-state index contributed by atoms with van der Waals surface area (Å²) in [4.78, 5) is 0. The van der Waals surface area contributed by atoms with Crippen molar-refractivity contribution in [1.29, 1.82) is 0 Å². The summed E-state index contributed by atoms with van der Waals surface area (Å²) < 4.78 is 3.75. The molecular weight excluding hydrogens is 302 g/mol. The van der Waals surface area contributed by atoms with Gasteiger partial charge in [0.15, 0.2) is 0 Å². The molecule has 0 saturated heterocycles. The van der Waals surface area contributed by atoms with E-state index >= 15 is 0 Å². The quantitative estimate of drug-likeness (QED) is 0.685. The molecule has 0 bridgehead atoms. The molecule has 0 fully saturated rings. The van der Waals surface area contributed by atoms with Gasteiger partial charge in [-0.3, -0.25) is 9.36 Å². The van der Waals surface area contributed by atoms with Gasteiger partial charge < -0.3 is 11.5 Å². The Kier molecular flexibility index (Phi) is 6.93. The molecule has 2 aromatic rings. The Labute approximate surface area is 144 Å². The predicted molar refractivity (Wildman–Crippen MR) is 95.1 cm³/mol. The fourth-order valence-electron chi connectivity index (χ4n) is 3.18. The van der Waals surface area contributed by atoms with Crippen molar-refractivity contribution in [2.75, 3.05) is 0 Å². The van der Waals surface area contributed by atoms with E-state index in [9.17, 15) is 0 Å². The van der Waals surface area contributed by atoms with Crippen molar-refractivity contribution in [3.8, 4) is 0 Å². The molecule has 0 aliphatic rings. The average Bonchev–Trinajstić information content (AvgIpc) is 3.09. The van der Waals surface area contributed by atoms with Crippen LogP contribution < -0.4 is 11.5 Å². The van der Waals surface area contributed by atoms with Gasteiger partial charge in [0.05, 0.1) is 25.5 Å². The molecule has 1 unspecified atom stereocenters. The SMILES string of the molecule is CC(C)C[C@H](N)Cn1cc(CC(C)C[C@H](N)Cn2ccnn2)cn1. The Morgan fingerprint density at radius 2 is 1.75 bits per heavy atom. The molecule has 2 aromatic heterocycles. The third kappa shape index (κ3) is 6.41. The Hall–Kier alpha value is -1.73. The average molecular weight is 333 g/mol. The minimum Gasteiger partial charge on any atom is -0.326 e. The predicted octanol–water partition coefficient (Wildman–Crippen LogP) is 1.44. The van der Waals surface area contributed by atoms with E-state index in [1.165, 1.54) is 5.56 Å². The van der Waals surface area contributed by atoms with Crippen LogP contribution in [0.15, 0.2) is 24.8 Å². The second-order valence-corrected chi connectivity index (χ2v) is 7.39. The van der Waals surface area contributed by atoms with Gasteiger partial charge in [-0.2, -0.15) is 5.10 Å². The number of nitrogens with zero attached hydrogens (tertiary/aromatic N) is 5. The first-order chi connectivity index (χ1) is 11.4. The molecule has 2 heterocycles. The van der Waals surface area contributed by atoms with Crippen molar-refractivity contribution in [1.82, 2.24) is 24.8 Å². The molecule has 0 aromatic carbocycles. The summed E-state index contributed by atoms with van der Waals surface area (Å²) in [5.41, 5.74) is 13.6. The Balaban J connectivity index is 1.76. The molecule has 2 rings (SSSR count). The third-order valence-electron chi connectivity index (χ3n) is 4.07. The number of nitrogens with two attached hydrogens (primary N) is 2. The lowest BCUT2D eigenvalue weighted by molar-refractivity contribution is 0.405. The van der Waals surface area contributed by atoms with Gasteiger partial charge in [-0.15, -0.1) is 5.10 Å². The summed E-state index contributed by atoms with van der Waals surface area (Å²) >= 11 is 0. The standard InChI is InChI=1S/C17H31N7/c1-13(2)6-16(18)12-24-10-15(9-21-24)7-14(3)8-17(19)11-23-5-4-20-22-23/h4-5,9-10,13-14,16-17H,6-8,11-12,18-19H2,1-3H3/t14?,16-,17-/m0/s1. The minimum absolute atomic E-state index is 0.0798. The van der Waals surface area contributed by atoms with E-state index < -0.39 is 0 Å². The molecule has 4 N–H and O–H groups in total. The highest BCUT2D eigenvalue weighted by Crippen LogP contribution is 2.14. The molecule has 0 saturated carbocycles. The van der Waals surface area contributed by atoms with Crippen LogP contribution in [0.4, 0.5) is 0 Å². The van der Waals surface area contributed by atoms with Crippen molar-refractivity contribution in [3.63, 3.8) is 0 Å². The molecular formula is C17H31N7. The van der Waals surface area contributed by atoms with Crippen molar-refractivity contribution in [2.45, 2.75) is 65.2 Å². The van der Waals surface area contributed by atoms with Gasteiger partial charge in [0, 0.05) is 24.5 Å². The van der Waals surface area contributed by atoms with E-state index in [-0.39, 0.29) is 12.1 Å². The third-order valence-corrected chi connectivity index (χ3v) is 4.07. The Morgan fingerprint density at radius 1 is 1.04 bits per heavy atom. The zero-order valence-corrected chi connectivity index (χ0v) is 15.0. The van der Waals surface area contributed by atoms with Crippen LogP contribution >= 0.6 is 0 Å². The molecule has 0 aliphatic carbocycles. The normalized spacial score (nSPS) is 15.6. The first-order valence-corrected chi connectivity index (χ1v) is 8.79. The molecule has 0 radical (unpaired) electrons. The van der Waals surface area contributed by atoms with Crippen LogP contribution in [0.25, 0.3) is 0 Å². The fourth-order valence-corrected chi connectivity index (χ4v) is 3.18. The van der Waals surface area contributed by atoms with Gasteiger partial charge in [0.25, 0.3) is 0 Å². The van der Waals surface area contributed by atoms with Crippen LogP contribution in [0, 0.1) is 11.8 Å². The first-order valence-electron chi connectivity index (χ1n) is 8.79. The summed E-state index contributed by atoms with van der Waals surface area (Å²) in [6.07, 6.45) is 10.5. The summed E-state index contributed by atoms with van der Waals surface area (Å²) in [6.45, 7) is 8.09. The number of aromatic nitrogens is 5. The molecule has 24 heavy (non-hydrogen) atoms. The molecule has 0 spiro atoms. The second-order valence-electron chi connectivity index (χ2n) is 7.39. The van der Waals surface area contributed by atoms with E-state index in [4.69, 9.17) is 11.5 Å². The number of hydrogen-bond acceptors (Lipinski definition) is 5. The highest BCUT2D eigenvalue weighted by Gasteiger charge is 2.13. The van der Waals surface area contributed by atoms with Crippen LogP contribution in [-0.2, 0) is 19.5 Å². The second kappa shape index (κ2) is 8.94. The lowest BCUT2D eigenvalue weighted by Crippen LogP contribution is -2.29. The lowest BCUT2D eigenvalue weighted by atomic mass is 9.96. The largest absolute Gasteiger partial charge is 0.326 e. The molecule has 0 aliphatic heterocycles. The topological polar surface area (TPSA) is 101 Å². The first kappa shape index (κ1) is 18.6. The van der Waals surface area contributed by atoms with Gasteiger partial charge in [-0.1, -0.05) is 26.0 Å². The van der Waals surface area contributed by atoms with Crippen molar-refractivity contribution >= 4 is 0 Å². The van der Waals surface area contributed by atoms with Gasteiger partial charge in [-0.05, 0) is 36.7 Å². The zero-order valence-electron chi connectivity index (χ0n) is 15.0. The molecule has 3 atom stereocenters. The monoisotopic (exact) mass is 333 g/mol. The van der Waals surface area contributed by atoms with Gasteiger partial charge in [0.1, 0.15) is 0 Å². The summed E-state index contributed by atoms with van der Waals surface area (Å²) in [5.74, 6) is 1.10. The molecule has 7 nitrogen and oxygen atoms in total.